The third kappa shape index (κ3) is 3.73. The lowest BCUT2D eigenvalue weighted by molar-refractivity contribution is -0.0120. The van der Waals surface area contributed by atoms with Crippen molar-refractivity contribution in [2.45, 2.75) is 89.0 Å². The first-order valence-corrected chi connectivity index (χ1v) is 10.5. The molecule has 1 aromatic rings. The van der Waals surface area contributed by atoms with Gasteiger partial charge in [0, 0.05) is 11.5 Å². The summed E-state index contributed by atoms with van der Waals surface area (Å²) in [5.74, 6) is 0.909. The van der Waals surface area contributed by atoms with E-state index in [0.717, 1.165) is 44.3 Å². The molecular weight excluding hydrogens is 361 g/mol. The van der Waals surface area contributed by atoms with E-state index >= 15 is 0 Å². The normalized spacial score (nSPS) is 34.4. The zero-order chi connectivity index (χ0) is 19.9. The molecule has 7 heteroatoms. The van der Waals surface area contributed by atoms with Crippen molar-refractivity contribution in [3.05, 3.63) is 24.0 Å². The molecule has 1 amide bonds. The first-order chi connectivity index (χ1) is 13.4. The van der Waals surface area contributed by atoms with E-state index < -0.39 is 0 Å². The molecule has 2 heterocycles. The first-order valence-electron chi connectivity index (χ1n) is 10.5. The second-order valence-electron chi connectivity index (χ2n) is 8.93. The number of carbonyl (C=O) groups excluding carboxylic acids is 1. The number of hydrogen-bond donors (Lipinski definition) is 0. The Hall–Kier alpha value is -1.76. The molecule has 28 heavy (non-hydrogen) atoms. The average Bonchev–Trinajstić information content (AvgIpc) is 3.27. The molecule has 3 aliphatic rings. The Morgan fingerprint density at radius 2 is 2.07 bits per heavy atom. The maximum atomic E-state index is 13.1. The SMILES string of the molecule is CC(C)OC(=O)N1C(C)CCC1CO[C@@H]1CC[C@]2(c3ncc(F)cn3)C[C@@H]2C1. The van der Waals surface area contributed by atoms with Crippen molar-refractivity contribution in [3.8, 4) is 0 Å². The Morgan fingerprint density at radius 3 is 2.75 bits per heavy atom. The molecular formula is C21H30FN3O3. The summed E-state index contributed by atoms with van der Waals surface area (Å²) in [5.41, 5.74) is 0.0303. The first kappa shape index (κ1) is 19.6. The number of fused-ring (bicyclic) bond motifs is 1. The number of rotatable bonds is 5. The highest BCUT2D eigenvalue weighted by atomic mass is 19.1. The quantitative estimate of drug-likeness (QED) is 0.763. The highest BCUT2D eigenvalue weighted by Gasteiger charge is 2.60. The van der Waals surface area contributed by atoms with Crippen LogP contribution in [0.4, 0.5) is 9.18 Å². The lowest BCUT2D eigenvalue weighted by Crippen LogP contribution is -2.44. The molecule has 3 fully saturated rings. The number of amides is 1. The molecule has 6 nitrogen and oxygen atoms in total. The van der Waals surface area contributed by atoms with Crippen LogP contribution in [0.15, 0.2) is 12.4 Å². The van der Waals surface area contributed by atoms with Crippen molar-refractivity contribution in [1.29, 1.82) is 0 Å². The van der Waals surface area contributed by atoms with Crippen molar-refractivity contribution in [2.24, 2.45) is 5.92 Å². The van der Waals surface area contributed by atoms with Gasteiger partial charge in [0.05, 0.1) is 37.3 Å². The van der Waals surface area contributed by atoms with Crippen LogP contribution in [0.2, 0.25) is 0 Å². The topological polar surface area (TPSA) is 64.5 Å². The van der Waals surface area contributed by atoms with Crippen molar-refractivity contribution < 1.29 is 18.7 Å². The molecule has 1 saturated heterocycles. The van der Waals surface area contributed by atoms with Crippen LogP contribution in [0.1, 0.15) is 65.1 Å². The summed E-state index contributed by atoms with van der Waals surface area (Å²) in [6.45, 7) is 6.39. The van der Waals surface area contributed by atoms with Crippen LogP contribution in [0.3, 0.4) is 0 Å². The maximum absolute atomic E-state index is 13.1. The Bertz CT molecular complexity index is 713. The molecule has 0 bridgehead atoms. The number of hydrogen-bond acceptors (Lipinski definition) is 5. The zero-order valence-electron chi connectivity index (χ0n) is 16.9. The van der Waals surface area contributed by atoms with Crippen LogP contribution in [0.25, 0.3) is 0 Å². The van der Waals surface area contributed by atoms with E-state index in [-0.39, 0.29) is 41.6 Å². The summed E-state index contributed by atoms with van der Waals surface area (Å²) in [7, 11) is 0. The van der Waals surface area contributed by atoms with Gasteiger partial charge in [0.15, 0.2) is 5.82 Å². The van der Waals surface area contributed by atoms with Gasteiger partial charge in [-0.3, -0.25) is 0 Å². The summed E-state index contributed by atoms with van der Waals surface area (Å²) in [5, 5.41) is 0. The van der Waals surface area contributed by atoms with E-state index in [2.05, 4.69) is 16.9 Å². The molecule has 0 spiro atoms. The standard InChI is InChI=1S/C21H30FN3O3/c1-13(2)28-20(26)25-14(3)4-5-17(25)12-27-18-6-7-21(9-15(21)8-18)19-23-10-16(22)11-24-19/h10-11,13-15,17-18H,4-9,12H2,1-3H3/t14?,15-,17?,18+,21-/m0/s1. The van der Waals surface area contributed by atoms with E-state index in [1.54, 1.807) is 0 Å². The predicted octanol–water partition coefficient (Wildman–Crippen LogP) is 3.84. The minimum absolute atomic E-state index is 0.0303. The fraction of sp³-hybridized carbons (Fsp3) is 0.762. The second kappa shape index (κ2) is 7.58. The van der Waals surface area contributed by atoms with Gasteiger partial charge in [-0.15, -0.1) is 0 Å². The van der Waals surface area contributed by atoms with Gasteiger partial charge in [-0.1, -0.05) is 0 Å². The van der Waals surface area contributed by atoms with Crippen molar-refractivity contribution >= 4 is 6.09 Å². The van der Waals surface area contributed by atoms with Crippen molar-refractivity contribution in [3.63, 3.8) is 0 Å². The minimum atomic E-state index is -0.388. The Kier molecular flexibility index (Phi) is 5.29. The smallest absolute Gasteiger partial charge is 0.410 e. The van der Waals surface area contributed by atoms with Gasteiger partial charge in [0.25, 0.3) is 0 Å². The molecule has 1 aromatic heterocycles. The molecule has 1 aliphatic heterocycles. The van der Waals surface area contributed by atoms with Crippen LogP contribution < -0.4 is 0 Å². The van der Waals surface area contributed by atoms with Gasteiger partial charge in [-0.25, -0.2) is 19.2 Å². The highest BCUT2D eigenvalue weighted by molar-refractivity contribution is 5.69. The van der Waals surface area contributed by atoms with E-state index in [1.165, 1.54) is 12.4 Å². The molecule has 154 valence electrons. The van der Waals surface area contributed by atoms with Gasteiger partial charge in [-0.05, 0) is 65.2 Å². The summed E-state index contributed by atoms with van der Waals surface area (Å²) < 4.78 is 24.8. The molecule has 2 saturated carbocycles. The zero-order valence-corrected chi connectivity index (χ0v) is 16.9. The molecule has 0 radical (unpaired) electrons. The largest absolute Gasteiger partial charge is 0.447 e. The fourth-order valence-corrected chi connectivity index (χ4v) is 5.03. The highest BCUT2D eigenvalue weighted by Crippen LogP contribution is 2.61. The Balaban J connectivity index is 1.30. The number of aromatic nitrogens is 2. The van der Waals surface area contributed by atoms with Crippen LogP contribution >= 0.6 is 0 Å². The lowest BCUT2D eigenvalue weighted by Gasteiger charge is -2.31. The summed E-state index contributed by atoms with van der Waals surface area (Å²) in [6.07, 6.45) is 8.32. The molecule has 2 aliphatic carbocycles. The Labute approximate surface area is 165 Å². The summed E-state index contributed by atoms with van der Waals surface area (Å²) >= 11 is 0. The fourth-order valence-electron chi connectivity index (χ4n) is 5.03. The number of nitrogens with zero attached hydrogens (tertiary/aromatic N) is 3. The third-order valence-electron chi connectivity index (χ3n) is 6.62. The van der Waals surface area contributed by atoms with Gasteiger partial charge >= 0.3 is 6.09 Å². The van der Waals surface area contributed by atoms with Gasteiger partial charge in [0.1, 0.15) is 5.82 Å². The maximum Gasteiger partial charge on any atom is 0.410 e. The van der Waals surface area contributed by atoms with Crippen LogP contribution in [-0.2, 0) is 14.9 Å². The number of carbonyl (C=O) groups is 1. The van der Waals surface area contributed by atoms with E-state index in [9.17, 15) is 9.18 Å². The van der Waals surface area contributed by atoms with Crippen LogP contribution in [0.5, 0.6) is 0 Å². The van der Waals surface area contributed by atoms with Crippen LogP contribution in [0, 0.1) is 11.7 Å². The van der Waals surface area contributed by atoms with E-state index in [1.807, 2.05) is 18.7 Å². The lowest BCUT2D eigenvalue weighted by atomic mass is 9.86. The van der Waals surface area contributed by atoms with Gasteiger partial charge in [-0.2, -0.15) is 0 Å². The minimum Gasteiger partial charge on any atom is -0.447 e. The molecule has 4 rings (SSSR count). The number of likely N-dealkylation sites (tertiary alicyclic amines) is 1. The summed E-state index contributed by atoms with van der Waals surface area (Å²) in [6, 6.07) is 0.283. The average molecular weight is 391 g/mol. The van der Waals surface area contributed by atoms with Crippen molar-refractivity contribution in [1.82, 2.24) is 14.9 Å². The van der Waals surface area contributed by atoms with E-state index in [4.69, 9.17) is 9.47 Å². The third-order valence-corrected chi connectivity index (χ3v) is 6.62. The molecule has 0 aromatic carbocycles. The molecule has 0 N–H and O–H groups in total. The monoisotopic (exact) mass is 391 g/mol. The number of ether oxygens (including phenoxy) is 2. The molecule has 2 unspecified atom stereocenters. The second-order valence-corrected chi connectivity index (χ2v) is 8.93. The van der Waals surface area contributed by atoms with Gasteiger partial charge in [0.2, 0.25) is 0 Å². The predicted molar refractivity (Wildman–Crippen MR) is 101 cm³/mol. The molecule has 5 atom stereocenters. The van der Waals surface area contributed by atoms with Gasteiger partial charge < -0.3 is 14.4 Å². The number of halogens is 1. The van der Waals surface area contributed by atoms with Crippen molar-refractivity contribution in [2.75, 3.05) is 6.61 Å². The van der Waals surface area contributed by atoms with E-state index in [0.29, 0.717) is 12.5 Å². The summed E-state index contributed by atoms with van der Waals surface area (Å²) in [4.78, 5) is 22.7. The van der Waals surface area contributed by atoms with Crippen LogP contribution in [-0.4, -0.2) is 51.9 Å². The Morgan fingerprint density at radius 1 is 1.32 bits per heavy atom.